The summed E-state index contributed by atoms with van der Waals surface area (Å²) >= 11 is 0. The summed E-state index contributed by atoms with van der Waals surface area (Å²) in [6.45, 7) is 4.19. The van der Waals surface area contributed by atoms with Crippen molar-refractivity contribution < 1.29 is 13.2 Å². The lowest BCUT2D eigenvalue weighted by molar-refractivity contribution is -0.119. The molecule has 2 aromatic carbocycles. The zero-order chi connectivity index (χ0) is 18.3. The van der Waals surface area contributed by atoms with Gasteiger partial charge in [-0.2, -0.15) is 0 Å². The normalized spacial score (nSPS) is 11.1. The van der Waals surface area contributed by atoms with Gasteiger partial charge in [0.2, 0.25) is 5.91 Å². The van der Waals surface area contributed by atoms with Crippen molar-refractivity contribution >= 4 is 21.6 Å². The molecule has 0 aliphatic heterocycles. The molecular weight excluding hydrogens is 336 g/mol. The lowest BCUT2D eigenvalue weighted by Crippen LogP contribution is -2.41. The van der Waals surface area contributed by atoms with E-state index in [9.17, 15) is 13.2 Å². The van der Waals surface area contributed by atoms with E-state index in [1.165, 1.54) is 4.31 Å². The fraction of sp³-hybridized carbons (Fsp3) is 0.316. The largest absolute Gasteiger partial charge is 0.355 e. The van der Waals surface area contributed by atoms with Crippen LogP contribution in [-0.4, -0.2) is 27.4 Å². The number of nitrogens with one attached hydrogen (secondary N) is 1. The predicted octanol–water partition coefficient (Wildman–Crippen LogP) is 2.97. The van der Waals surface area contributed by atoms with E-state index in [-0.39, 0.29) is 17.3 Å². The second kappa shape index (κ2) is 8.67. The molecule has 0 fully saturated rings. The number of hydrogen-bond acceptors (Lipinski definition) is 3. The maximum Gasteiger partial charge on any atom is 0.264 e. The minimum absolute atomic E-state index is 0.171. The summed E-state index contributed by atoms with van der Waals surface area (Å²) < 4.78 is 27.5. The van der Waals surface area contributed by atoms with Crippen LogP contribution >= 0.6 is 0 Å². The van der Waals surface area contributed by atoms with Crippen molar-refractivity contribution in [2.45, 2.75) is 31.6 Å². The molecule has 0 unspecified atom stereocenters. The number of nitrogens with zero attached hydrogens (tertiary/aromatic N) is 1. The van der Waals surface area contributed by atoms with E-state index in [0.29, 0.717) is 18.7 Å². The average Bonchev–Trinajstić information content (AvgIpc) is 2.65. The van der Waals surface area contributed by atoms with Crippen LogP contribution in [-0.2, 0) is 21.2 Å². The number of sulfonamides is 1. The third-order valence-electron chi connectivity index (χ3n) is 3.83. The second-order valence-corrected chi connectivity index (χ2v) is 7.52. The van der Waals surface area contributed by atoms with Crippen molar-refractivity contribution in [1.82, 2.24) is 5.32 Å². The maximum absolute atomic E-state index is 13.2. The van der Waals surface area contributed by atoms with Crippen molar-refractivity contribution in [1.29, 1.82) is 0 Å². The van der Waals surface area contributed by atoms with Gasteiger partial charge in [-0.1, -0.05) is 50.2 Å². The summed E-state index contributed by atoms with van der Waals surface area (Å²) in [6.07, 6.45) is 1.47. The summed E-state index contributed by atoms with van der Waals surface area (Å²) in [5, 5.41) is 2.75. The molecule has 0 heterocycles. The Morgan fingerprint density at radius 1 is 1.00 bits per heavy atom. The SMILES string of the molecule is CCCNC(=O)CN(c1ccccc1CC)S(=O)(=O)c1ccccc1. The Morgan fingerprint density at radius 2 is 1.64 bits per heavy atom. The van der Waals surface area contributed by atoms with Gasteiger partial charge in [0.15, 0.2) is 0 Å². The zero-order valence-electron chi connectivity index (χ0n) is 14.6. The van der Waals surface area contributed by atoms with E-state index >= 15 is 0 Å². The highest BCUT2D eigenvalue weighted by Crippen LogP contribution is 2.27. The monoisotopic (exact) mass is 360 g/mol. The predicted molar refractivity (Wildman–Crippen MR) is 100 cm³/mol. The van der Waals surface area contributed by atoms with Crippen LogP contribution in [0.2, 0.25) is 0 Å². The molecule has 0 spiro atoms. The molecule has 0 atom stereocenters. The number of carbonyl (C=O) groups is 1. The van der Waals surface area contributed by atoms with Gasteiger partial charge in [-0.25, -0.2) is 8.42 Å². The first-order valence-electron chi connectivity index (χ1n) is 8.43. The van der Waals surface area contributed by atoms with E-state index in [1.54, 1.807) is 42.5 Å². The highest BCUT2D eigenvalue weighted by molar-refractivity contribution is 7.92. The number of para-hydroxylation sites is 1. The molecule has 1 amide bonds. The summed E-state index contributed by atoms with van der Waals surface area (Å²) in [4.78, 5) is 12.4. The topological polar surface area (TPSA) is 66.5 Å². The van der Waals surface area contributed by atoms with Crippen LogP contribution in [0.4, 0.5) is 5.69 Å². The molecule has 2 rings (SSSR count). The van der Waals surface area contributed by atoms with Gasteiger partial charge in [-0.15, -0.1) is 0 Å². The quantitative estimate of drug-likeness (QED) is 0.787. The molecule has 0 bridgehead atoms. The molecule has 25 heavy (non-hydrogen) atoms. The smallest absolute Gasteiger partial charge is 0.264 e. The number of benzene rings is 2. The van der Waals surface area contributed by atoms with E-state index in [4.69, 9.17) is 0 Å². The average molecular weight is 360 g/mol. The van der Waals surface area contributed by atoms with Gasteiger partial charge in [-0.3, -0.25) is 9.10 Å². The van der Waals surface area contributed by atoms with Crippen LogP contribution in [0.15, 0.2) is 59.5 Å². The first-order valence-corrected chi connectivity index (χ1v) is 9.87. The van der Waals surface area contributed by atoms with Gasteiger partial charge in [-0.05, 0) is 36.6 Å². The number of aryl methyl sites for hydroxylation is 1. The Labute approximate surface area is 149 Å². The van der Waals surface area contributed by atoms with E-state index in [1.807, 2.05) is 26.0 Å². The minimum atomic E-state index is -3.83. The fourth-order valence-electron chi connectivity index (χ4n) is 2.52. The van der Waals surface area contributed by atoms with E-state index < -0.39 is 10.0 Å². The van der Waals surface area contributed by atoms with Gasteiger partial charge < -0.3 is 5.32 Å². The molecular formula is C19H24N2O3S. The fourth-order valence-corrected chi connectivity index (χ4v) is 4.00. The third-order valence-corrected chi connectivity index (χ3v) is 5.61. The van der Waals surface area contributed by atoms with Crippen LogP contribution in [0.25, 0.3) is 0 Å². The highest BCUT2D eigenvalue weighted by atomic mass is 32.2. The molecule has 0 aliphatic rings. The Morgan fingerprint density at radius 3 is 2.28 bits per heavy atom. The third kappa shape index (κ3) is 4.60. The number of hydrogen-bond donors (Lipinski definition) is 1. The van der Waals surface area contributed by atoms with Gasteiger partial charge in [0.1, 0.15) is 6.54 Å². The van der Waals surface area contributed by atoms with Crippen LogP contribution < -0.4 is 9.62 Å². The van der Waals surface area contributed by atoms with Gasteiger partial charge in [0.05, 0.1) is 10.6 Å². The second-order valence-electron chi connectivity index (χ2n) is 5.66. The number of rotatable bonds is 8. The van der Waals surface area contributed by atoms with Crippen molar-refractivity contribution in [3.8, 4) is 0 Å². The Kier molecular flexibility index (Phi) is 6.58. The van der Waals surface area contributed by atoms with Crippen LogP contribution in [0.3, 0.4) is 0 Å². The number of amides is 1. The first kappa shape index (κ1) is 19.0. The van der Waals surface area contributed by atoms with E-state index in [0.717, 1.165) is 12.0 Å². The molecule has 134 valence electrons. The van der Waals surface area contributed by atoms with Crippen molar-refractivity contribution in [2.24, 2.45) is 0 Å². The van der Waals surface area contributed by atoms with E-state index in [2.05, 4.69) is 5.32 Å². The van der Waals surface area contributed by atoms with Crippen LogP contribution in [0, 0.1) is 0 Å². The number of carbonyl (C=O) groups excluding carboxylic acids is 1. The molecule has 2 aromatic rings. The zero-order valence-corrected chi connectivity index (χ0v) is 15.4. The van der Waals surface area contributed by atoms with Crippen molar-refractivity contribution in [3.63, 3.8) is 0 Å². The van der Waals surface area contributed by atoms with Gasteiger partial charge >= 0.3 is 0 Å². The molecule has 0 aliphatic carbocycles. The van der Waals surface area contributed by atoms with Crippen molar-refractivity contribution in [3.05, 3.63) is 60.2 Å². The van der Waals surface area contributed by atoms with Crippen LogP contribution in [0.5, 0.6) is 0 Å². The van der Waals surface area contributed by atoms with Gasteiger partial charge in [0.25, 0.3) is 10.0 Å². The summed E-state index contributed by atoms with van der Waals surface area (Å²) in [7, 11) is -3.83. The highest BCUT2D eigenvalue weighted by Gasteiger charge is 2.28. The molecule has 6 heteroatoms. The van der Waals surface area contributed by atoms with Gasteiger partial charge in [0, 0.05) is 6.54 Å². The molecule has 1 N–H and O–H groups in total. The first-order chi connectivity index (χ1) is 12.0. The molecule has 0 saturated carbocycles. The Bertz CT molecular complexity index is 804. The number of anilines is 1. The molecule has 0 aromatic heterocycles. The lowest BCUT2D eigenvalue weighted by Gasteiger charge is -2.26. The summed E-state index contributed by atoms with van der Waals surface area (Å²) in [6, 6.07) is 15.5. The van der Waals surface area contributed by atoms with Crippen molar-refractivity contribution in [2.75, 3.05) is 17.4 Å². The Hall–Kier alpha value is -2.34. The Balaban J connectivity index is 2.47. The molecule has 0 radical (unpaired) electrons. The minimum Gasteiger partial charge on any atom is -0.355 e. The summed E-state index contributed by atoms with van der Waals surface area (Å²) in [5.41, 5.74) is 1.42. The molecule has 0 saturated heterocycles. The molecule has 5 nitrogen and oxygen atoms in total. The van der Waals surface area contributed by atoms with Crippen LogP contribution in [0.1, 0.15) is 25.8 Å². The standard InChI is InChI=1S/C19H24N2O3S/c1-3-14-20-19(22)15-21(18-13-9-8-10-16(18)4-2)25(23,24)17-11-6-5-7-12-17/h5-13H,3-4,14-15H2,1-2H3,(H,20,22). The maximum atomic E-state index is 13.2. The summed E-state index contributed by atoms with van der Waals surface area (Å²) in [5.74, 6) is -0.313. The lowest BCUT2D eigenvalue weighted by atomic mass is 10.1.